The van der Waals surface area contributed by atoms with Crippen LogP contribution in [0.2, 0.25) is 0 Å². The fourth-order valence-electron chi connectivity index (χ4n) is 1.54. The SMILES string of the molecule is COC(C)C(C)Nc1cc([N+](=O)[O-])c(C)cc1Br. The van der Waals surface area contributed by atoms with Crippen LogP contribution in [0.5, 0.6) is 0 Å². The Balaban J connectivity index is 3.02. The first kappa shape index (κ1) is 14.9. The molecule has 0 aliphatic heterocycles. The van der Waals surface area contributed by atoms with Crippen LogP contribution in [0.4, 0.5) is 11.4 Å². The molecular weight excluding hydrogens is 300 g/mol. The number of halogens is 1. The average molecular weight is 317 g/mol. The third-order valence-corrected chi connectivity index (χ3v) is 3.60. The van der Waals surface area contributed by atoms with E-state index in [1.807, 2.05) is 13.8 Å². The number of aryl methyl sites for hydroxylation is 1. The van der Waals surface area contributed by atoms with E-state index < -0.39 is 0 Å². The van der Waals surface area contributed by atoms with Crippen LogP contribution in [0.25, 0.3) is 0 Å². The van der Waals surface area contributed by atoms with Crippen LogP contribution >= 0.6 is 15.9 Å². The van der Waals surface area contributed by atoms with E-state index in [4.69, 9.17) is 4.74 Å². The van der Waals surface area contributed by atoms with Gasteiger partial charge < -0.3 is 10.1 Å². The smallest absolute Gasteiger partial charge is 0.274 e. The Morgan fingerprint density at radius 3 is 2.56 bits per heavy atom. The quantitative estimate of drug-likeness (QED) is 0.667. The third-order valence-electron chi connectivity index (χ3n) is 2.94. The number of hydrogen-bond acceptors (Lipinski definition) is 4. The maximum atomic E-state index is 10.9. The number of nitrogens with zero attached hydrogens (tertiary/aromatic N) is 1. The minimum absolute atomic E-state index is 0.0114. The van der Waals surface area contributed by atoms with Crippen molar-refractivity contribution in [1.82, 2.24) is 0 Å². The largest absolute Gasteiger partial charge is 0.380 e. The number of methoxy groups -OCH3 is 1. The van der Waals surface area contributed by atoms with Gasteiger partial charge in [-0.2, -0.15) is 0 Å². The molecule has 0 spiro atoms. The van der Waals surface area contributed by atoms with Gasteiger partial charge in [0, 0.05) is 29.3 Å². The second-order valence-corrected chi connectivity index (χ2v) is 5.10. The first-order valence-corrected chi connectivity index (χ1v) is 6.40. The van der Waals surface area contributed by atoms with Crippen LogP contribution < -0.4 is 5.32 Å². The van der Waals surface area contributed by atoms with Crippen molar-refractivity contribution in [2.75, 3.05) is 12.4 Å². The van der Waals surface area contributed by atoms with Gasteiger partial charge >= 0.3 is 0 Å². The normalized spacial score (nSPS) is 14.1. The van der Waals surface area contributed by atoms with Crippen LogP contribution in [-0.2, 0) is 4.74 Å². The molecule has 1 aromatic rings. The molecule has 0 saturated heterocycles. The predicted octanol–water partition coefficient (Wildman–Crippen LogP) is 3.50. The monoisotopic (exact) mass is 316 g/mol. The summed E-state index contributed by atoms with van der Waals surface area (Å²) in [6.45, 7) is 5.62. The second kappa shape index (κ2) is 6.15. The number of benzene rings is 1. The molecule has 2 unspecified atom stereocenters. The Bertz CT molecular complexity index is 451. The van der Waals surface area contributed by atoms with Crippen molar-refractivity contribution in [2.45, 2.75) is 32.9 Å². The molecule has 0 radical (unpaired) electrons. The minimum atomic E-state index is -0.378. The van der Waals surface area contributed by atoms with Gasteiger partial charge in [0.05, 0.1) is 16.7 Å². The van der Waals surface area contributed by atoms with Crippen molar-refractivity contribution in [2.24, 2.45) is 0 Å². The van der Waals surface area contributed by atoms with Gasteiger partial charge in [-0.3, -0.25) is 10.1 Å². The Kier molecular flexibility index (Phi) is 5.10. The summed E-state index contributed by atoms with van der Waals surface area (Å²) in [5.74, 6) is 0. The number of rotatable bonds is 5. The lowest BCUT2D eigenvalue weighted by Crippen LogP contribution is -2.29. The Morgan fingerprint density at radius 2 is 2.06 bits per heavy atom. The van der Waals surface area contributed by atoms with Gasteiger partial charge in [0.15, 0.2) is 0 Å². The molecule has 18 heavy (non-hydrogen) atoms. The summed E-state index contributed by atoms with van der Waals surface area (Å²) in [6, 6.07) is 3.33. The summed E-state index contributed by atoms with van der Waals surface area (Å²) >= 11 is 3.40. The van der Waals surface area contributed by atoms with E-state index in [9.17, 15) is 10.1 Å². The maximum Gasteiger partial charge on any atom is 0.274 e. The third kappa shape index (κ3) is 3.43. The van der Waals surface area contributed by atoms with E-state index in [0.29, 0.717) is 11.3 Å². The molecule has 1 rings (SSSR count). The molecule has 0 saturated carbocycles. The molecule has 0 aliphatic rings. The molecule has 0 aromatic heterocycles. The topological polar surface area (TPSA) is 64.4 Å². The van der Waals surface area contributed by atoms with Crippen molar-refractivity contribution in [3.05, 3.63) is 32.3 Å². The van der Waals surface area contributed by atoms with Crippen molar-refractivity contribution >= 4 is 27.3 Å². The van der Waals surface area contributed by atoms with Gasteiger partial charge in [0.1, 0.15) is 0 Å². The molecule has 6 heteroatoms. The fraction of sp³-hybridized carbons (Fsp3) is 0.500. The number of hydrogen-bond donors (Lipinski definition) is 1. The number of ether oxygens (including phenoxy) is 1. The Labute approximate surface area is 115 Å². The molecule has 0 aliphatic carbocycles. The van der Waals surface area contributed by atoms with Gasteiger partial charge in [-0.05, 0) is 42.8 Å². The lowest BCUT2D eigenvalue weighted by atomic mass is 10.1. The van der Waals surface area contributed by atoms with Crippen molar-refractivity contribution in [3.63, 3.8) is 0 Å². The molecule has 2 atom stereocenters. The Morgan fingerprint density at radius 1 is 1.44 bits per heavy atom. The van der Waals surface area contributed by atoms with Crippen LogP contribution in [0.15, 0.2) is 16.6 Å². The summed E-state index contributed by atoms with van der Waals surface area (Å²) < 4.78 is 6.02. The molecule has 1 aromatic carbocycles. The lowest BCUT2D eigenvalue weighted by Gasteiger charge is -2.21. The number of nitrogens with one attached hydrogen (secondary N) is 1. The standard InChI is InChI=1S/C12H17BrN2O3/c1-7-5-10(13)11(6-12(7)15(16)17)14-8(2)9(3)18-4/h5-6,8-9,14H,1-4H3. The summed E-state index contributed by atoms with van der Waals surface area (Å²) in [5.41, 5.74) is 1.44. The number of nitro benzene ring substituents is 1. The van der Waals surface area contributed by atoms with E-state index in [0.717, 1.165) is 4.47 Å². The van der Waals surface area contributed by atoms with Crippen LogP contribution in [0, 0.1) is 17.0 Å². The zero-order chi connectivity index (χ0) is 13.9. The van der Waals surface area contributed by atoms with Crippen molar-refractivity contribution < 1.29 is 9.66 Å². The van der Waals surface area contributed by atoms with Crippen LogP contribution in [0.3, 0.4) is 0 Å². The predicted molar refractivity (Wildman–Crippen MR) is 75.1 cm³/mol. The molecule has 0 amide bonds. The molecular formula is C12H17BrN2O3. The summed E-state index contributed by atoms with van der Waals surface area (Å²) in [7, 11) is 1.63. The highest BCUT2D eigenvalue weighted by atomic mass is 79.9. The molecule has 0 fully saturated rings. The van der Waals surface area contributed by atoms with Crippen LogP contribution in [0.1, 0.15) is 19.4 Å². The zero-order valence-electron chi connectivity index (χ0n) is 10.9. The van der Waals surface area contributed by atoms with Crippen molar-refractivity contribution in [1.29, 1.82) is 0 Å². The van der Waals surface area contributed by atoms with Gasteiger partial charge in [-0.15, -0.1) is 0 Å². The first-order valence-electron chi connectivity index (χ1n) is 5.60. The van der Waals surface area contributed by atoms with Gasteiger partial charge in [0.2, 0.25) is 0 Å². The second-order valence-electron chi connectivity index (χ2n) is 4.25. The van der Waals surface area contributed by atoms with Gasteiger partial charge in [-0.25, -0.2) is 0 Å². The van der Waals surface area contributed by atoms with E-state index in [2.05, 4.69) is 21.2 Å². The zero-order valence-corrected chi connectivity index (χ0v) is 12.4. The fourth-order valence-corrected chi connectivity index (χ4v) is 2.11. The molecule has 1 N–H and O–H groups in total. The highest BCUT2D eigenvalue weighted by molar-refractivity contribution is 9.10. The van der Waals surface area contributed by atoms with E-state index in [-0.39, 0.29) is 22.8 Å². The number of nitro groups is 1. The van der Waals surface area contributed by atoms with Crippen molar-refractivity contribution in [3.8, 4) is 0 Å². The molecule has 5 nitrogen and oxygen atoms in total. The number of anilines is 1. The van der Waals surface area contributed by atoms with E-state index >= 15 is 0 Å². The van der Waals surface area contributed by atoms with Gasteiger partial charge in [-0.1, -0.05) is 0 Å². The first-order chi connectivity index (χ1) is 8.36. The summed E-state index contributed by atoms with van der Waals surface area (Å²) in [5, 5.41) is 14.1. The highest BCUT2D eigenvalue weighted by Gasteiger charge is 2.17. The van der Waals surface area contributed by atoms with E-state index in [1.165, 1.54) is 6.07 Å². The summed E-state index contributed by atoms with van der Waals surface area (Å²) in [6.07, 6.45) is 0.0114. The van der Waals surface area contributed by atoms with E-state index in [1.54, 1.807) is 20.1 Å². The molecule has 100 valence electrons. The van der Waals surface area contributed by atoms with Gasteiger partial charge in [0.25, 0.3) is 5.69 Å². The highest BCUT2D eigenvalue weighted by Crippen LogP contribution is 2.31. The van der Waals surface area contributed by atoms with Crippen LogP contribution in [-0.4, -0.2) is 24.2 Å². The lowest BCUT2D eigenvalue weighted by molar-refractivity contribution is -0.385. The maximum absolute atomic E-state index is 10.9. The molecule has 0 bridgehead atoms. The minimum Gasteiger partial charge on any atom is -0.380 e. The molecule has 0 heterocycles. The Hall–Kier alpha value is -1.14. The summed E-state index contributed by atoms with van der Waals surface area (Å²) in [4.78, 5) is 10.5. The average Bonchev–Trinajstić information content (AvgIpc) is 2.30.